The van der Waals surface area contributed by atoms with E-state index < -0.39 is 0 Å². The average Bonchev–Trinajstić information content (AvgIpc) is 2.80. The predicted octanol–water partition coefficient (Wildman–Crippen LogP) is 1.16. The zero-order valence-corrected chi connectivity index (χ0v) is 10.6. The second-order valence-corrected chi connectivity index (χ2v) is 5.45. The molecule has 1 aliphatic rings. The van der Waals surface area contributed by atoms with E-state index in [-0.39, 0.29) is 6.10 Å². The van der Waals surface area contributed by atoms with Crippen molar-refractivity contribution in [2.75, 3.05) is 17.3 Å². The molecule has 0 bridgehead atoms. The van der Waals surface area contributed by atoms with Crippen LogP contribution < -0.4 is 16.6 Å². The molecule has 2 aromatic heterocycles. The number of aliphatic hydroxyl groups is 1. The summed E-state index contributed by atoms with van der Waals surface area (Å²) in [4.78, 5) is 9.52. The number of fused-ring (bicyclic) bond motifs is 1. The molecular weight excluding hydrogens is 250 g/mol. The van der Waals surface area contributed by atoms with Crippen molar-refractivity contribution in [2.45, 2.75) is 18.9 Å². The van der Waals surface area contributed by atoms with E-state index in [9.17, 15) is 5.11 Å². The summed E-state index contributed by atoms with van der Waals surface area (Å²) in [5.74, 6) is 7.10. The zero-order valence-electron chi connectivity index (χ0n) is 9.76. The molecule has 0 unspecified atom stereocenters. The molecule has 0 saturated heterocycles. The number of nitrogens with zero attached hydrogens (tertiary/aromatic N) is 2. The fraction of sp³-hybridized carbons (Fsp3) is 0.455. The van der Waals surface area contributed by atoms with Crippen LogP contribution in [0.5, 0.6) is 0 Å². The van der Waals surface area contributed by atoms with Crippen molar-refractivity contribution >= 4 is 33.3 Å². The highest BCUT2D eigenvalue weighted by atomic mass is 32.1. The van der Waals surface area contributed by atoms with Crippen LogP contribution in [-0.2, 0) is 0 Å². The molecule has 18 heavy (non-hydrogen) atoms. The third-order valence-electron chi connectivity index (χ3n) is 3.22. The van der Waals surface area contributed by atoms with Crippen molar-refractivity contribution in [1.29, 1.82) is 0 Å². The van der Waals surface area contributed by atoms with Gasteiger partial charge in [-0.05, 0) is 30.2 Å². The molecule has 0 spiro atoms. The van der Waals surface area contributed by atoms with Crippen LogP contribution in [0.1, 0.15) is 12.8 Å². The quantitative estimate of drug-likeness (QED) is 0.489. The van der Waals surface area contributed by atoms with E-state index in [1.54, 1.807) is 11.3 Å². The fourth-order valence-corrected chi connectivity index (χ4v) is 2.93. The number of aliphatic hydroxyl groups excluding tert-OH is 1. The lowest BCUT2D eigenvalue weighted by molar-refractivity contribution is 0.0487. The van der Waals surface area contributed by atoms with E-state index in [4.69, 9.17) is 5.84 Å². The summed E-state index contributed by atoms with van der Waals surface area (Å²) in [6, 6.07) is 2.00. The fourth-order valence-electron chi connectivity index (χ4n) is 2.16. The molecule has 5 N–H and O–H groups in total. The van der Waals surface area contributed by atoms with Gasteiger partial charge in [-0.15, -0.1) is 11.3 Å². The summed E-state index contributed by atoms with van der Waals surface area (Å²) in [6.45, 7) is 0.822. The molecule has 96 valence electrons. The van der Waals surface area contributed by atoms with Crippen LogP contribution in [-0.4, -0.2) is 27.7 Å². The Morgan fingerprint density at radius 2 is 2.28 bits per heavy atom. The molecule has 1 fully saturated rings. The molecule has 2 aromatic rings. The Kier molecular flexibility index (Phi) is 3.02. The summed E-state index contributed by atoms with van der Waals surface area (Å²) < 4.78 is 0. The summed E-state index contributed by atoms with van der Waals surface area (Å²) in [6.07, 6.45) is 1.62. The zero-order chi connectivity index (χ0) is 12.5. The highest BCUT2D eigenvalue weighted by Crippen LogP contribution is 2.30. The van der Waals surface area contributed by atoms with Crippen LogP contribution in [0.15, 0.2) is 11.4 Å². The van der Waals surface area contributed by atoms with Crippen LogP contribution in [0.4, 0.5) is 11.8 Å². The van der Waals surface area contributed by atoms with Gasteiger partial charge in [-0.3, -0.25) is 5.43 Å². The molecule has 7 heteroatoms. The van der Waals surface area contributed by atoms with Crippen LogP contribution in [0, 0.1) is 5.92 Å². The van der Waals surface area contributed by atoms with E-state index in [1.165, 1.54) is 0 Å². The van der Waals surface area contributed by atoms with Gasteiger partial charge in [0.25, 0.3) is 0 Å². The first-order chi connectivity index (χ1) is 8.76. The minimum absolute atomic E-state index is 0.121. The number of hydrazine groups is 1. The molecule has 0 aromatic carbocycles. The first-order valence-electron chi connectivity index (χ1n) is 5.90. The molecule has 1 saturated carbocycles. The van der Waals surface area contributed by atoms with Gasteiger partial charge in [0.05, 0.1) is 11.5 Å². The van der Waals surface area contributed by atoms with Gasteiger partial charge in [-0.2, -0.15) is 4.98 Å². The van der Waals surface area contributed by atoms with Gasteiger partial charge in [-0.25, -0.2) is 10.8 Å². The second-order valence-electron chi connectivity index (χ2n) is 4.55. The van der Waals surface area contributed by atoms with Crippen LogP contribution in [0.3, 0.4) is 0 Å². The van der Waals surface area contributed by atoms with Crippen LogP contribution >= 0.6 is 11.3 Å². The Labute approximate surface area is 108 Å². The lowest BCUT2D eigenvalue weighted by Gasteiger charge is -2.31. The number of nitrogen functional groups attached to an aromatic ring is 1. The molecule has 0 atom stereocenters. The second kappa shape index (κ2) is 4.68. The highest BCUT2D eigenvalue weighted by Gasteiger charge is 2.26. The van der Waals surface area contributed by atoms with Gasteiger partial charge in [0.15, 0.2) is 0 Å². The SMILES string of the molecule is NNc1nc(NCC2CC(O)C2)c2ccsc2n1. The Balaban J connectivity index is 1.79. The maximum absolute atomic E-state index is 9.26. The van der Waals surface area contributed by atoms with Crippen molar-refractivity contribution < 1.29 is 5.11 Å². The first kappa shape index (κ1) is 11.6. The lowest BCUT2D eigenvalue weighted by atomic mass is 9.82. The molecule has 6 nitrogen and oxygen atoms in total. The van der Waals surface area contributed by atoms with Crippen molar-refractivity contribution in [3.05, 3.63) is 11.4 Å². The number of nitrogens with two attached hydrogens (primary N) is 1. The third-order valence-corrected chi connectivity index (χ3v) is 4.03. The third kappa shape index (κ3) is 2.12. The smallest absolute Gasteiger partial charge is 0.240 e. The number of hydrogen-bond acceptors (Lipinski definition) is 7. The molecular formula is C11H15N5OS. The number of hydrogen-bond donors (Lipinski definition) is 4. The van der Waals surface area contributed by atoms with Gasteiger partial charge >= 0.3 is 0 Å². The maximum Gasteiger partial charge on any atom is 0.240 e. The largest absolute Gasteiger partial charge is 0.393 e. The van der Waals surface area contributed by atoms with Crippen molar-refractivity contribution in [3.8, 4) is 0 Å². The van der Waals surface area contributed by atoms with Crippen LogP contribution in [0.25, 0.3) is 10.2 Å². The number of anilines is 2. The number of thiophene rings is 1. The highest BCUT2D eigenvalue weighted by molar-refractivity contribution is 7.16. The topological polar surface area (TPSA) is 96.1 Å². The molecule has 1 aliphatic carbocycles. The predicted molar refractivity (Wildman–Crippen MR) is 72.4 cm³/mol. The maximum atomic E-state index is 9.26. The van der Waals surface area contributed by atoms with Crippen molar-refractivity contribution in [2.24, 2.45) is 11.8 Å². The summed E-state index contributed by atoms with van der Waals surface area (Å²) >= 11 is 1.56. The van der Waals surface area contributed by atoms with E-state index >= 15 is 0 Å². The summed E-state index contributed by atoms with van der Waals surface area (Å²) in [5, 5.41) is 15.6. The van der Waals surface area contributed by atoms with Crippen molar-refractivity contribution in [1.82, 2.24) is 9.97 Å². The normalized spacial score (nSPS) is 22.8. The summed E-state index contributed by atoms with van der Waals surface area (Å²) in [5.41, 5.74) is 2.48. The van der Waals surface area contributed by atoms with Crippen LogP contribution in [0.2, 0.25) is 0 Å². The number of rotatable bonds is 4. The number of nitrogens with one attached hydrogen (secondary N) is 2. The van der Waals surface area contributed by atoms with E-state index in [2.05, 4.69) is 20.7 Å². The lowest BCUT2D eigenvalue weighted by Crippen LogP contribution is -2.33. The minimum atomic E-state index is -0.121. The van der Waals surface area contributed by atoms with Gasteiger partial charge in [0, 0.05) is 6.54 Å². The van der Waals surface area contributed by atoms with E-state index in [0.717, 1.165) is 35.4 Å². The minimum Gasteiger partial charge on any atom is -0.393 e. The van der Waals surface area contributed by atoms with E-state index in [1.807, 2.05) is 11.4 Å². The molecule has 3 rings (SSSR count). The molecule has 2 heterocycles. The molecule has 0 amide bonds. The first-order valence-corrected chi connectivity index (χ1v) is 6.78. The monoisotopic (exact) mass is 265 g/mol. The van der Waals surface area contributed by atoms with E-state index in [0.29, 0.717) is 11.9 Å². The summed E-state index contributed by atoms with van der Waals surface area (Å²) in [7, 11) is 0. The van der Waals surface area contributed by atoms with Crippen molar-refractivity contribution in [3.63, 3.8) is 0 Å². The van der Waals surface area contributed by atoms with Gasteiger partial charge in [0.1, 0.15) is 10.6 Å². The Bertz CT molecular complexity index is 551. The standard InChI is InChI=1S/C11H15N5OS/c12-16-11-14-9(8-1-2-18-10(8)15-11)13-5-6-3-7(17)4-6/h1-2,6-7,17H,3-5,12H2,(H2,13,14,15,16). The average molecular weight is 265 g/mol. The Hall–Kier alpha value is -1.44. The van der Waals surface area contributed by atoms with Gasteiger partial charge in [0.2, 0.25) is 5.95 Å². The Morgan fingerprint density at radius 1 is 1.44 bits per heavy atom. The molecule has 0 radical (unpaired) electrons. The Morgan fingerprint density at radius 3 is 3.00 bits per heavy atom. The molecule has 0 aliphatic heterocycles. The van der Waals surface area contributed by atoms with Gasteiger partial charge < -0.3 is 10.4 Å². The number of aromatic nitrogens is 2. The van der Waals surface area contributed by atoms with Gasteiger partial charge in [-0.1, -0.05) is 0 Å².